The summed E-state index contributed by atoms with van der Waals surface area (Å²) in [4.78, 5) is 7.77. The molecule has 0 radical (unpaired) electrons. The zero-order chi connectivity index (χ0) is 20.9. The molecule has 3 aromatic rings. The molecule has 0 aliphatic carbocycles. The first-order chi connectivity index (χ1) is 13.8. The molecular formula is C18H18ClF2N4O3P. The maximum Gasteiger partial charge on any atom is 0.400 e. The molecule has 7 nitrogen and oxygen atoms in total. The van der Waals surface area contributed by atoms with E-state index in [2.05, 4.69) is 24.7 Å². The smallest absolute Gasteiger partial charge is 0.331 e. The van der Waals surface area contributed by atoms with Gasteiger partial charge in [0.05, 0.1) is 18.5 Å². The molecule has 0 amide bonds. The molecule has 0 aliphatic heterocycles. The van der Waals surface area contributed by atoms with Crippen molar-refractivity contribution in [3.63, 3.8) is 0 Å². The fraction of sp³-hybridized carbons (Fsp3) is 0.278. The van der Waals surface area contributed by atoms with Crippen LogP contribution in [0.1, 0.15) is 24.1 Å². The highest BCUT2D eigenvalue weighted by Crippen LogP contribution is 2.46. The van der Waals surface area contributed by atoms with Crippen LogP contribution in [0.2, 0.25) is 0 Å². The second kappa shape index (κ2) is 9.09. The Kier molecular flexibility index (Phi) is 6.74. The Morgan fingerprint density at radius 3 is 2.59 bits per heavy atom. The summed E-state index contributed by atoms with van der Waals surface area (Å²) >= 11 is 4.86. The summed E-state index contributed by atoms with van der Waals surface area (Å²) in [6, 6.07) is 12.7. The highest BCUT2D eigenvalue weighted by Gasteiger charge is 2.35. The molecule has 3 rings (SSSR count). The molecule has 29 heavy (non-hydrogen) atoms. The predicted octanol–water partition coefficient (Wildman–Crippen LogP) is 4.94. The number of rotatable bonds is 9. The van der Waals surface area contributed by atoms with Crippen LogP contribution in [0.3, 0.4) is 0 Å². The van der Waals surface area contributed by atoms with E-state index in [0.29, 0.717) is 17.8 Å². The molecular weight excluding hydrogens is 425 g/mol. The average molecular weight is 443 g/mol. The second-order valence-electron chi connectivity index (χ2n) is 6.03. The van der Waals surface area contributed by atoms with Gasteiger partial charge in [0, 0.05) is 18.3 Å². The number of nitrogens with zero attached hydrogens (tertiary/aromatic N) is 3. The first-order valence-electron chi connectivity index (χ1n) is 8.68. The Morgan fingerprint density at radius 2 is 2.00 bits per heavy atom. The van der Waals surface area contributed by atoms with E-state index in [1.165, 1.54) is 6.20 Å². The van der Waals surface area contributed by atoms with Crippen LogP contribution in [0.4, 0.5) is 8.78 Å². The Morgan fingerprint density at radius 1 is 1.24 bits per heavy atom. The number of hydrogen-bond acceptors (Lipinski definition) is 6. The second-order valence-corrected chi connectivity index (χ2v) is 8.74. The monoisotopic (exact) mass is 442 g/mol. The summed E-state index contributed by atoms with van der Waals surface area (Å²) in [6.45, 7) is 2.41. The Hall–Kier alpha value is -2.19. The maximum atomic E-state index is 13.1. The molecule has 154 valence electrons. The van der Waals surface area contributed by atoms with Crippen LogP contribution < -0.4 is 5.09 Å². The minimum atomic E-state index is -3.74. The van der Waals surface area contributed by atoms with E-state index in [-0.39, 0.29) is 18.6 Å². The zero-order valence-electron chi connectivity index (χ0n) is 15.4. The lowest BCUT2D eigenvalue weighted by Gasteiger charge is -2.19. The van der Waals surface area contributed by atoms with Gasteiger partial charge in [-0.1, -0.05) is 35.5 Å². The van der Waals surface area contributed by atoms with E-state index >= 15 is 0 Å². The van der Waals surface area contributed by atoms with Gasteiger partial charge in [0.2, 0.25) is 5.82 Å². The van der Waals surface area contributed by atoms with Gasteiger partial charge >= 0.3 is 11.3 Å². The number of halogens is 3. The number of aromatic nitrogens is 3. The van der Waals surface area contributed by atoms with Gasteiger partial charge in [0.15, 0.2) is 0 Å². The summed E-state index contributed by atoms with van der Waals surface area (Å²) in [5.41, 5.74) is 1.82. The lowest BCUT2D eigenvalue weighted by Crippen LogP contribution is -2.14. The van der Waals surface area contributed by atoms with Gasteiger partial charge in [-0.05, 0) is 36.2 Å². The third-order valence-corrected chi connectivity index (χ3v) is 6.04. The average Bonchev–Trinajstić information content (AvgIpc) is 3.19. The van der Waals surface area contributed by atoms with Gasteiger partial charge in [0.25, 0.3) is 7.52 Å². The number of hydrogen-bond donors (Lipinski definition) is 1. The number of nitrogens with one attached hydrogen (secondary N) is 1. The van der Waals surface area contributed by atoms with Gasteiger partial charge < -0.3 is 9.05 Å². The van der Waals surface area contributed by atoms with E-state index < -0.39 is 18.8 Å². The summed E-state index contributed by atoms with van der Waals surface area (Å²) < 4.78 is 49.1. The SMILES string of the molecule is CCOP(=O)(Cc1ccc(-c2noc(C(F)(F)Cl)n2)cn1)NCc1ccccc1. The van der Waals surface area contributed by atoms with Crippen molar-refractivity contribution < 1.29 is 22.4 Å². The summed E-state index contributed by atoms with van der Waals surface area (Å²) in [5.74, 6) is -1.07. The Bertz CT molecular complexity index is 981. The summed E-state index contributed by atoms with van der Waals surface area (Å²) in [7, 11) is -3.19. The van der Waals surface area contributed by atoms with Gasteiger partial charge in [-0.25, -0.2) is 5.09 Å². The van der Waals surface area contributed by atoms with Crippen molar-refractivity contribution in [2.45, 2.75) is 25.0 Å². The van der Waals surface area contributed by atoms with Crippen molar-refractivity contribution in [3.8, 4) is 11.4 Å². The van der Waals surface area contributed by atoms with Crippen LogP contribution in [-0.4, -0.2) is 21.7 Å². The molecule has 11 heteroatoms. The molecule has 2 aromatic heterocycles. The topological polar surface area (TPSA) is 90.1 Å². The highest BCUT2D eigenvalue weighted by atomic mass is 35.5. The van der Waals surface area contributed by atoms with Gasteiger partial charge in [-0.2, -0.15) is 13.8 Å². The summed E-state index contributed by atoms with van der Waals surface area (Å²) in [6.07, 6.45) is 1.44. The van der Waals surface area contributed by atoms with E-state index in [9.17, 15) is 13.3 Å². The van der Waals surface area contributed by atoms with Gasteiger partial charge in [-0.15, -0.1) is 0 Å². The summed E-state index contributed by atoms with van der Waals surface area (Å²) in [5, 5.41) is 2.71. The molecule has 1 aromatic carbocycles. The number of benzene rings is 1. The fourth-order valence-corrected chi connectivity index (χ4v) is 4.31. The van der Waals surface area contributed by atoms with Crippen LogP contribution in [0.5, 0.6) is 0 Å². The molecule has 0 saturated carbocycles. The minimum Gasteiger partial charge on any atom is -0.331 e. The molecule has 1 unspecified atom stereocenters. The Labute approximate surface area is 171 Å². The number of alkyl halides is 3. The first-order valence-corrected chi connectivity index (χ1v) is 10.9. The van der Waals surface area contributed by atoms with E-state index in [4.69, 9.17) is 16.1 Å². The van der Waals surface area contributed by atoms with Crippen LogP contribution in [0.15, 0.2) is 53.2 Å². The van der Waals surface area contributed by atoms with Crippen LogP contribution >= 0.6 is 19.1 Å². The lowest BCUT2D eigenvalue weighted by atomic mass is 10.2. The van der Waals surface area contributed by atoms with Crippen LogP contribution in [0, 0.1) is 0 Å². The van der Waals surface area contributed by atoms with Crippen molar-refractivity contribution in [2.75, 3.05) is 6.61 Å². The predicted molar refractivity (Wildman–Crippen MR) is 103 cm³/mol. The molecule has 2 heterocycles. The normalized spacial score (nSPS) is 13.9. The Balaban J connectivity index is 1.70. The van der Waals surface area contributed by atoms with E-state index in [1.54, 1.807) is 19.1 Å². The molecule has 0 bridgehead atoms. The van der Waals surface area contributed by atoms with Crippen molar-refractivity contribution in [3.05, 3.63) is 65.8 Å². The highest BCUT2D eigenvalue weighted by molar-refractivity contribution is 7.56. The molecule has 0 aliphatic rings. The van der Waals surface area contributed by atoms with Gasteiger partial charge in [0.1, 0.15) is 0 Å². The largest absolute Gasteiger partial charge is 0.400 e. The quantitative estimate of drug-likeness (QED) is 0.371. The zero-order valence-corrected chi connectivity index (χ0v) is 17.0. The molecule has 1 N–H and O–H groups in total. The maximum absolute atomic E-state index is 13.1. The van der Waals surface area contributed by atoms with Crippen molar-refractivity contribution in [2.24, 2.45) is 0 Å². The molecule has 0 fully saturated rings. The molecule has 0 spiro atoms. The first kappa shape index (κ1) is 21.5. The lowest BCUT2D eigenvalue weighted by molar-refractivity contribution is 0.0551. The van der Waals surface area contributed by atoms with Crippen molar-refractivity contribution in [1.82, 2.24) is 20.2 Å². The number of pyridine rings is 1. The van der Waals surface area contributed by atoms with Crippen LogP contribution in [0.25, 0.3) is 11.4 Å². The van der Waals surface area contributed by atoms with Gasteiger partial charge in [-0.3, -0.25) is 9.55 Å². The van der Waals surface area contributed by atoms with E-state index in [0.717, 1.165) is 5.56 Å². The van der Waals surface area contributed by atoms with E-state index in [1.807, 2.05) is 30.3 Å². The third-order valence-electron chi connectivity index (χ3n) is 3.83. The van der Waals surface area contributed by atoms with Crippen molar-refractivity contribution in [1.29, 1.82) is 0 Å². The molecule has 0 saturated heterocycles. The third kappa shape index (κ3) is 5.90. The van der Waals surface area contributed by atoms with Crippen molar-refractivity contribution >= 4 is 19.1 Å². The van der Waals surface area contributed by atoms with Crippen LogP contribution in [-0.2, 0) is 27.2 Å². The molecule has 1 atom stereocenters. The fourth-order valence-electron chi connectivity index (χ4n) is 2.48. The minimum absolute atomic E-state index is 0.0607. The standard InChI is InChI=1S/C18H18ClF2N4O3P/c1-2-27-29(26,23-10-13-6-4-3-5-7-13)12-15-9-8-14(11-22-15)16-24-17(28-25-16)18(19,20)21/h3-9,11H,2,10,12H2,1H3,(H,23,26).